The molecule has 0 unspecified atom stereocenters. The average molecular weight is 309 g/mol. The number of rotatable bonds is 0. The van der Waals surface area contributed by atoms with E-state index in [0.717, 1.165) is 0 Å². The van der Waals surface area contributed by atoms with Crippen LogP contribution >= 0.6 is 0 Å². The van der Waals surface area contributed by atoms with Crippen molar-refractivity contribution in [2.24, 2.45) is 0 Å². The second-order valence-corrected chi connectivity index (χ2v) is 5.81. The first kappa shape index (κ1) is 13.6. The number of fused-ring (bicyclic) bond motifs is 4. The van der Waals surface area contributed by atoms with E-state index in [4.69, 9.17) is 9.47 Å². The van der Waals surface area contributed by atoms with Crippen LogP contribution in [0.15, 0.2) is 6.07 Å². The summed E-state index contributed by atoms with van der Waals surface area (Å²) in [5, 5.41) is 42.6. The summed E-state index contributed by atoms with van der Waals surface area (Å²) in [6.07, 6.45) is -3.59. The Bertz CT molecular complexity index is 661. The number of ether oxygens (including phenoxy) is 2. The predicted octanol–water partition coefficient (Wildman–Crippen LogP) is -1.20. The van der Waals surface area contributed by atoms with E-state index < -0.39 is 36.2 Å². The van der Waals surface area contributed by atoms with Gasteiger partial charge < -0.3 is 35.2 Å². The van der Waals surface area contributed by atoms with Crippen LogP contribution in [-0.4, -0.2) is 57.5 Å². The molecule has 5 atom stereocenters. The van der Waals surface area contributed by atoms with Crippen molar-refractivity contribution in [3.8, 4) is 17.2 Å². The molecule has 22 heavy (non-hydrogen) atoms. The van der Waals surface area contributed by atoms with Gasteiger partial charge in [-0.3, -0.25) is 4.79 Å². The van der Waals surface area contributed by atoms with Gasteiger partial charge in [-0.2, -0.15) is 0 Å². The summed E-state index contributed by atoms with van der Waals surface area (Å²) in [5.41, 5.74) is 0.529. The third-order valence-corrected chi connectivity index (χ3v) is 4.63. The second-order valence-electron chi connectivity index (χ2n) is 5.81. The number of benzene rings is 1. The lowest BCUT2D eigenvalue weighted by Gasteiger charge is -2.44. The Morgan fingerprint density at radius 1 is 1.18 bits per heavy atom. The van der Waals surface area contributed by atoms with Gasteiger partial charge in [0, 0.05) is 5.92 Å². The smallest absolute Gasteiger partial charge is 0.255 e. The minimum Gasteiger partial charge on any atom is -0.504 e. The molecule has 1 aromatic rings. The zero-order chi connectivity index (χ0) is 15.6. The summed E-state index contributed by atoms with van der Waals surface area (Å²) in [7, 11) is 0. The minimum absolute atomic E-state index is 0.0501. The van der Waals surface area contributed by atoms with Crippen molar-refractivity contribution in [2.75, 3.05) is 6.79 Å². The molecule has 118 valence electrons. The van der Waals surface area contributed by atoms with Crippen LogP contribution in [-0.2, 0) is 0 Å². The van der Waals surface area contributed by atoms with Gasteiger partial charge in [0.15, 0.2) is 11.5 Å². The molecule has 0 saturated heterocycles. The number of aromatic hydroxyl groups is 1. The van der Waals surface area contributed by atoms with Crippen LogP contribution in [0.25, 0.3) is 0 Å². The van der Waals surface area contributed by atoms with Crippen LogP contribution in [0.4, 0.5) is 0 Å². The van der Waals surface area contributed by atoms with Crippen molar-refractivity contribution in [3.05, 3.63) is 17.2 Å². The van der Waals surface area contributed by atoms with Crippen molar-refractivity contribution in [2.45, 2.75) is 36.7 Å². The quantitative estimate of drug-likeness (QED) is 0.407. The summed E-state index contributed by atoms with van der Waals surface area (Å²) < 4.78 is 10.4. The molecule has 2 aliphatic heterocycles. The number of phenols is 1. The van der Waals surface area contributed by atoms with Gasteiger partial charge in [-0.15, -0.1) is 0 Å². The standard InChI is InChI=1S/C14H15NO7/c16-6-1-5-4-2-7-13(22-3-21-7)11(18)8(4)14(20)15-9(5)12(19)10(6)17/h2,5-6,9-10,12,16-19H,1,3H2,(H,15,20)/t5-,6+,9-,10-,12+/m1/s1. The Hall–Kier alpha value is -2.03. The van der Waals surface area contributed by atoms with Gasteiger partial charge >= 0.3 is 0 Å². The highest BCUT2D eigenvalue weighted by Gasteiger charge is 2.49. The van der Waals surface area contributed by atoms with Gasteiger partial charge in [-0.25, -0.2) is 0 Å². The number of hydrogen-bond donors (Lipinski definition) is 5. The molecule has 0 aromatic heterocycles. The fourth-order valence-corrected chi connectivity index (χ4v) is 3.53. The van der Waals surface area contributed by atoms with Gasteiger partial charge in [-0.1, -0.05) is 0 Å². The zero-order valence-electron chi connectivity index (χ0n) is 11.4. The molecule has 5 N–H and O–H groups in total. The van der Waals surface area contributed by atoms with E-state index >= 15 is 0 Å². The molecule has 1 aliphatic carbocycles. The maximum absolute atomic E-state index is 12.3. The molecule has 1 fully saturated rings. The summed E-state index contributed by atoms with van der Waals surface area (Å²) in [6, 6.07) is 0.850. The number of nitrogens with one attached hydrogen (secondary N) is 1. The number of aliphatic hydroxyl groups excluding tert-OH is 3. The largest absolute Gasteiger partial charge is 0.504 e. The first-order valence-electron chi connectivity index (χ1n) is 6.99. The number of aliphatic hydroxyl groups is 3. The molecular weight excluding hydrogens is 294 g/mol. The summed E-state index contributed by atoms with van der Waals surface area (Å²) >= 11 is 0. The Kier molecular flexibility index (Phi) is 2.77. The molecule has 1 aromatic carbocycles. The monoisotopic (exact) mass is 309 g/mol. The molecule has 8 nitrogen and oxygen atoms in total. The fourth-order valence-electron chi connectivity index (χ4n) is 3.53. The average Bonchev–Trinajstić information content (AvgIpc) is 2.95. The van der Waals surface area contributed by atoms with Crippen LogP contribution in [0.2, 0.25) is 0 Å². The number of amides is 1. The van der Waals surface area contributed by atoms with Crippen LogP contribution in [0.5, 0.6) is 17.2 Å². The first-order chi connectivity index (χ1) is 10.5. The Morgan fingerprint density at radius 2 is 1.95 bits per heavy atom. The van der Waals surface area contributed by atoms with Crippen molar-refractivity contribution < 1.29 is 34.7 Å². The van der Waals surface area contributed by atoms with E-state index in [1.165, 1.54) is 0 Å². The van der Waals surface area contributed by atoms with Gasteiger partial charge in [0.25, 0.3) is 5.91 Å². The molecule has 8 heteroatoms. The summed E-state index contributed by atoms with van der Waals surface area (Å²) in [4.78, 5) is 12.3. The van der Waals surface area contributed by atoms with E-state index in [1.807, 2.05) is 0 Å². The van der Waals surface area contributed by atoms with Gasteiger partial charge in [0.1, 0.15) is 12.2 Å². The van der Waals surface area contributed by atoms with E-state index in [-0.39, 0.29) is 30.3 Å². The summed E-state index contributed by atoms with van der Waals surface area (Å²) in [6.45, 7) is -0.0501. The lowest BCUT2D eigenvalue weighted by atomic mass is 9.72. The van der Waals surface area contributed by atoms with Crippen molar-refractivity contribution in [1.82, 2.24) is 5.32 Å². The topological polar surface area (TPSA) is 128 Å². The molecule has 1 saturated carbocycles. The lowest BCUT2D eigenvalue weighted by molar-refractivity contribution is -0.104. The number of phenolic OH excluding ortho intramolecular Hbond substituents is 1. The van der Waals surface area contributed by atoms with Crippen molar-refractivity contribution >= 4 is 5.91 Å². The fraction of sp³-hybridized carbons (Fsp3) is 0.500. The Balaban J connectivity index is 1.87. The maximum Gasteiger partial charge on any atom is 0.255 e. The SMILES string of the molecule is O=C1N[C@H]2[C@H](O)[C@H](O)[C@@H](O)C[C@@H]2c2cc3c(c(O)c21)OCO3. The van der Waals surface area contributed by atoms with Crippen LogP contribution < -0.4 is 14.8 Å². The zero-order valence-corrected chi connectivity index (χ0v) is 11.4. The molecule has 3 aliphatic rings. The molecule has 2 heterocycles. The van der Waals surface area contributed by atoms with Crippen molar-refractivity contribution in [3.63, 3.8) is 0 Å². The number of hydrogen-bond acceptors (Lipinski definition) is 7. The predicted molar refractivity (Wildman–Crippen MR) is 70.9 cm³/mol. The van der Waals surface area contributed by atoms with E-state index in [9.17, 15) is 25.2 Å². The number of carbonyl (C=O) groups is 1. The number of carbonyl (C=O) groups excluding carboxylic acids is 1. The van der Waals surface area contributed by atoms with Gasteiger partial charge in [0.05, 0.1) is 17.7 Å². The molecule has 4 rings (SSSR count). The Labute approximate surface area is 124 Å². The van der Waals surface area contributed by atoms with Gasteiger partial charge in [0.2, 0.25) is 12.5 Å². The minimum atomic E-state index is -1.33. The highest BCUT2D eigenvalue weighted by Crippen LogP contribution is 2.49. The van der Waals surface area contributed by atoms with Gasteiger partial charge in [-0.05, 0) is 18.1 Å². The van der Waals surface area contributed by atoms with E-state index in [2.05, 4.69) is 5.32 Å². The van der Waals surface area contributed by atoms with Crippen molar-refractivity contribution in [1.29, 1.82) is 0 Å². The molecule has 0 bridgehead atoms. The Morgan fingerprint density at radius 3 is 2.73 bits per heavy atom. The second kappa shape index (κ2) is 4.48. The van der Waals surface area contributed by atoms with Crippen LogP contribution in [0, 0.1) is 0 Å². The molecule has 1 amide bonds. The molecular formula is C14H15NO7. The third-order valence-electron chi connectivity index (χ3n) is 4.63. The van der Waals surface area contributed by atoms with E-state index in [0.29, 0.717) is 11.3 Å². The highest BCUT2D eigenvalue weighted by atomic mass is 16.7. The molecule has 0 radical (unpaired) electrons. The maximum atomic E-state index is 12.3. The normalized spacial score (nSPS) is 35.6. The first-order valence-corrected chi connectivity index (χ1v) is 6.99. The third kappa shape index (κ3) is 1.65. The summed E-state index contributed by atoms with van der Waals surface area (Å²) in [5.74, 6) is -0.878. The lowest BCUT2D eigenvalue weighted by Crippen LogP contribution is -2.61. The van der Waals surface area contributed by atoms with E-state index in [1.54, 1.807) is 6.07 Å². The molecule has 0 spiro atoms. The van der Waals surface area contributed by atoms with Crippen LogP contribution in [0.3, 0.4) is 0 Å². The van der Waals surface area contributed by atoms with Crippen LogP contribution in [0.1, 0.15) is 28.3 Å². The highest BCUT2D eigenvalue weighted by molar-refractivity contribution is 6.01.